The zero-order valence-corrected chi connectivity index (χ0v) is 10.7. The van der Waals surface area contributed by atoms with Crippen molar-refractivity contribution in [3.63, 3.8) is 0 Å². The van der Waals surface area contributed by atoms with E-state index in [1.807, 2.05) is 0 Å². The summed E-state index contributed by atoms with van der Waals surface area (Å²) in [6, 6.07) is 1.46. The van der Waals surface area contributed by atoms with Crippen LogP contribution in [0.3, 0.4) is 0 Å². The molecule has 17 heavy (non-hydrogen) atoms. The molecule has 0 spiro atoms. The number of sulfonamides is 1. The van der Waals surface area contributed by atoms with E-state index in [1.165, 1.54) is 44.4 Å². The molecule has 1 fully saturated rings. The van der Waals surface area contributed by atoms with Crippen molar-refractivity contribution in [1.82, 2.24) is 14.9 Å². The van der Waals surface area contributed by atoms with Gasteiger partial charge in [-0.1, -0.05) is 32.1 Å². The number of rotatable bonds is 5. The van der Waals surface area contributed by atoms with Crippen LogP contribution in [-0.2, 0) is 10.0 Å². The Kier molecular flexibility index (Phi) is 4.17. The maximum absolute atomic E-state index is 11.8. The van der Waals surface area contributed by atoms with Crippen LogP contribution < -0.4 is 4.72 Å². The van der Waals surface area contributed by atoms with Crippen molar-refractivity contribution in [2.45, 2.75) is 43.6 Å². The fourth-order valence-electron chi connectivity index (χ4n) is 2.34. The molecule has 0 bridgehead atoms. The molecule has 0 saturated heterocycles. The van der Waals surface area contributed by atoms with Crippen molar-refractivity contribution in [3.8, 4) is 0 Å². The average molecular weight is 257 g/mol. The quantitative estimate of drug-likeness (QED) is 0.842. The minimum Gasteiger partial charge on any atom is -0.266 e. The fourth-order valence-corrected chi connectivity index (χ4v) is 3.30. The van der Waals surface area contributed by atoms with Crippen LogP contribution in [0, 0.1) is 5.92 Å². The summed E-state index contributed by atoms with van der Waals surface area (Å²) in [5.74, 6) is 0.688. The fraction of sp³-hybridized carbons (Fsp3) is 0.727. The first kappa shape index (κ1) is 12.6. The first-order chi connectivity index (χ1) is 8.18. The Bertz CT molecular complexity index is 422. The van der Waals surface area contributed by atoms with E-state index in [0.29, 0.717) is 12.5 Å². The molecule has 1 aliphatic carbocycles. The molecule has 0 aliphatic heterocycles. The number of nitrogens with one attached hydrogen (secondary N) is 2. The molecule has 0 radical (unpaired) electrons. The molecule has 2 rings (SSSR count). The Labute approximate surface area is 102 Å². The molecule has 1 saturated carbocycles. The normalized spacial score (nSPS) is 18.4. The van der Waals surface area contributed by atoms with E-state index in [0.717, 1.165) is 6.42 Å². The predicted octanol–water partition coefficient (Wildman–Crippen LogP) is 1.66. The van der Waals surface area contributed by atoms with Crippen molar-refractivity contribution < 1.29 is 8.42 Å². The lowest BCUT2D eigenvalue weighted by Gasteiger charge is -2.21. The van der Waals surface area contributed by atoms with Gasteiger partial charge < -0.3 is 0 Å². The molecular weight excluding hydrogens is 238 g/mol. The van der Waals surface area contributed by atoms with Crippen LogP contribution in [0.2, 0.25) is 0 Å². The zero-order chi connectivity index (χ0) is 12.1. The molecule has 0 unspecified atom stereocenters. The molecule has 1 aliphatic rings. The Balaban J connectivity index is 1.78. The third kappa shape index (κ3) is 3.54. The third-order valence-corrected chi connectivity index (χ3v) is 4.72. The van der Waals surface area contributed by atoms with Gasteiger partial charge in [0.05, 0.1) is 6.20 Å². The molecule has 1 aromatic rings. The highest BCUT2D eigenvalue weighted by Gasteiger charge is 2.17. The smallest absolute Gasteiger partial charge is 0.257 e. The van der Waals surface area contributed by atoms with Gasteiger partial charge >= 0.3 is 0 Å². The third-order valence-electron chi connectivity index (χ3n) is 3.33. The topological polar surface area (TPSA) is 74.8 Å². The summed E-state index contributed by atoms with van der Waals surface area (Å²) in [6.07, 6.45) is 8.77. The number of aromatic nitrogens is 2. The van der Waals surface area contributed by atoms with Gasteiger partial charge in [0.2, 0.25) is 0 Å². The molecule has 0 amide bonds. The van der Waals surface area contributed by atoms with Gasteiger partial charge in [-0.05, 0) is 18.4 Å². The lowest BCUT2D eigenvalue weighted by atomic mass is 9.87. The molecular formula is C11H19N3O2S. The van der Waals surface area contributed by atoms with Crippen molar-refractivity contribution in [2.75, 3.05) is 6.54 Å². The highest BCUT2D eigenvalue weighted by atomic mass is 32.2. The summed E-state index contributed by atoms with van der Waals surface area (Å²) in [7, 11) is -3.39. The van der Waals surface area contributed by atoms with Gasteiger partial charge in [0.1, 0.15) is 0 Å². The number of aromatic amines is 1. The zero-order valence-electron chi connectivity index (χ0n) is 9.85. The van der Waals surface area contributed by atoms with Crippen LogP contribution in [0.15, 0.2) is 17.3 Å². The van der Waals surface area contributed by atoms with Crippen molar-refractivity contribution in [1.29, 1.82) is 0 Å². The molecule has 6 heteroatoms. The van der Waals surface area contributed by atoms with E-state index in [-0.39, 0.29) is 5.03 Å². The summed E-state index contributed by atoms with van der Waals surface area (Å²) in [5, 5.41) is 6.25. The van der Waals surface area contributed by atoms with Gasteiger partial charge in [-0.15, -0.1) is 0 Å². The van der Waals surface area contributed by atoms with Gasteiger partial charge in [0, 0.05) is 6.54 Å². The Morgan fingerprint density at radius 3 is 2.76 bits per heavy atom. The Hall–Kier alpha value is -0.880. The summed E-state index contributed by atoms with van der Waals surface area (Å²) in [6.45, 7) is 0.520. The monoisotopic (exact) mass is 257 g/mol. The molecule has 5 nitrogen and oxygen atoms in total. The van der Waals surface area contributed by atoms with Gasteiger partial charge in [-0.3, -0.25) is 5.10 Å². The minimum absolute atomic E-state index is 0.140. The molecule has 1 heterocycles. The molecule has 1 aromatic heterocycles. The first-order valence-corrected chi connectivity index (χ1v) is 7.66. The number of hydrogen-bond donors (Lipinski definition) is 2. The SMILES string of the molecule is O=S(=O)(NCCC1CCCCC1)c1ccn[nH]1. The van der Waals surface area contributed by atoms with Crippen molar-refractivity contribution >= 4 is 10.0 Å². The maximum atomic E-state index is 11.8. The average Bonchev–Trinajstić information content (AvgIpc) is 2.84. The van der Waals surface area contributed by atoms with E-state index in [2.05, 4.69) is 14.9 Å². The molecule has 96 valence electrons. The van der Waals surface area contributed by atoms with Gasteiger partial charge in [-0.25, -0.2) is 13.1 Å². The standard InChI is InChI=1S/C11H19N3O2S/c15-17(16,11-7-8-12-14-11)13-9-6-10-4-2-1-3-5-10/h7-8,10,13H,1-6,9H2,(H,12,14). The van der Waals surface area contributed by atoms with E-state index in [4.69, 9.17) is 0 Å². The van der Waals surface area contributed by atoms with Gasteiger partial charge in [-0.2, -0.15) is 5.10 Å². The van der Waals surface area contributed by atoms with E-state index in [1.54, 1.807) is 0 Å². The number of nitrogens with zero attached hydrogens (tertiary/aromatic N) is 1. The molecule has 0 aromatic carbocycles. The second-order valence-corrected chi connectivity index (χ2v) is 6.35. The van der Waals surface area contributed by atoms with Crippen LogP contribution >= 0.6 is 0 Å². The first-order valence-electron chi connectivity index (χ1n) is 6.17. The van der Waals surface area contributed by atoms with Crippen LogP contribution in [-0.4, -0.2) is 25.2 Å². The summed E-state index contributed by atoms with van der Waals surface area (Å²) < 4.78 is 26.1. The lowest BCUT2D eigenvalue weighted by Crippen LogP contribution is -2.27. The van der Waals surface area contributed by atoms with Crippen LogP contribution in [0.1, 0.15) is 38.5 Å². The van der Waals surface area contributed by atoms with Crippen molar-refractivity contribution in [2.24, 2.45) is 5.92 Å². The number of H-pyrrole nitrogens is 1. The van der Waals surface area contributed by atoms with Crippen LogP contribution in [0.25, 0.3) is 0 Å². The highest BCUT2D eigenvalue weighted by molar-refractivity contribution is 7.89. The number of hydrogen-bond acceptors (Lipinski definition) is 3. The Morgan fingerprint density at radius 1 is 1.35 bits per heavy atom. The van der Waals surface area contributed by atoms with E-state index in [9.17, 15) is 8.42 Å². The van der Waals surface area contributed by atoms with Gasteiger partial charge in [0.15, 0.2) is 5.03 Å². The van der Waals surface area contributed by atoms with Crippen LogP contribution in [0.4, 0.5) is 0 Å². The summed E-state index contributed by atoms with van der Waals surface area (Å²) in [4.78, 5) is 0. The van der Waals surface area contributed by atoms with Crippen LogP contribution in [0.5, 0.6) is 0 Å². The largest absolute Gasteiger partial charge is 0.266 e. The summed E-state index contributed by atoms with van der Waals surface area (Å²) >= 11 is 0. The molecule has 0 atom stereocenters. The predicted molar refractivity (Wildman–Crippen MR) is 65.0 cm³/mol. The second kappa shape index (κ2) is 5.64. The van der Waals surface area contributed by atoms with E-state index >= 15 is 0 Å². The minimum atomic E-state index is -3.39. The Morgan fingerprint density at radius 2 is 2.12 bits per heavy atom. The maximum Gasteiger partial charge on any atom is 0.257 e. The lowest BCUT2D eigenvalue weighted by molar-refractivity contribution is 0.339. The summed E-state index contributed by atoms with van der Waals surface area (Å²) in [5.41, 5.74) is 0. The van der Waals surface area contributed by atoms with E-state index < -0.39 is 10.0 Å². The second-order valence-electron chi connectivity index (χ2n) is 4.61. The van der Waals surface area contributed by atoms with Crippen molar-refractivity contribution in [3.05, 3.63) is 12.3 Å². The van der Waals surface area contributed by atoms with Gasteiger partial charge in [0.25, 0.3) is 10.0 Å². The highest BCUT2D eigenvalue weighted by Crippen LogP contribution is 2.25. The molecule has 2 N–H and O–H groups in total.